The maximum atomic E-state index is 13.7. The molecule has 4 rings (SSSR count). The summed E-state index contributed by atoms with van der Waals surface area (Å²) in [5.41, 5.74) is -1.30. The van der Waals surface area contributed by atoms with E-state index in [0.29, 0.717) is 24.8 Å². The molecule has 0 aliphatic heterocycles. The highest BCUT2D eigenvalue weighted by Gasteiger charge is 2.45. The number of alkyl halides is 3. The maximum absolute atomic E-state index is 13.7. The molecule has 1 aromatic heterocycles. The Morgan fingerprint density at radius 1 is 1.32 bits per heavy atom. The summed E-state index contributed by atoms with van der Waals surface area (Å²) in [4.78, 5) is 9.25. The SMILES string of the molecule is CO[C@@H]1CC[C@@H](S(=O)(=O)c2ccc(-c3cnn(CCO)c3)cc2C(F)(F)F)C1.N#CC1(NC(=O)O)CC1. The van der Waals surface area contributed by atoms with Crippen molar-refractivity contribution >= 4 is 15.9 Å². The first-order valence-corrected chi connectivity index (χ1v) is 12.9. The Morgan fingerprint density at radius 2 is 2.03 bits per heavy atom. The molecule has 2 aliphatic carbocycles. The van der Waals surface area contributed by atoms with Crippen molar-refractivity contribution in [3.63, 3.8) is 0 Å². The molecule has 14 heteroatoms. The summed E-state index contributed by atoms with van der Waals surface area (Å²) in [5.74, 6) is 0. The monoisotopic (exact) mass is 544 g/mol. The van der Waals surface area contributed by atoms with Crippen LogP contribution in [-0.4, -0.2) is 65.1 Å². The van der Waals surface area contributed by atoms with Gasteiger partial charge in [-0.05, 0) is 49.8 Å². The molecule has 202 valence electrons. The van der Waals surface area contributed by atoms with E-state index in [-0.39, 0.29) is 37.7 Å². The lowest BCUT2D eigenvalue weighted by molar-refractivity contribution is -0.139. The number of nitrogens with zero attached hydrogens (tertiary/aromatic N) is 3. The second-order valence-corrected chi connectivity index (χ2v) is 11.1. The molecule has 2 fully saturated rings. The number of methoxy groups -OCH3 is 1. The predicted molar refractivity (Wildman–Crippen MR) is 124 cm³/mol. The van der Waals surface area contributed by atoms with E-state index in [1.807, 2.05) is 6.07 Å². The zero-order valence-corrected chi connectivity index (χ0v) is 20.7. The molecule has 2 saturated carbocycles. The Labute approximate surface area is 211 Å². The molecule has 1 amide bonds. The van der Waals surface area contributed by atoms with Gasteiger partial charge in [0.2, 0.25) is 0 Å². The van der Waals surface area contributed by atoms with Crippen LogP contribution in [0.25, 0.3) is 11.1 Å². The van der Waals surface area contributed by atoms with E-state index in [1.165, 1.54) is 30.3 Å². The highest BCUT2D eigenvalue weighted by molar-refractivity contribution is 7.92. The third-order valence-electron chi connectivity index (χ3n) is 6.31. The largest absolute Gasteiger partial charge is 0.465 e. The zero-order valence-electron chi connectivity index (χ0n) is 19.9. The third kappa shape index (κ3) is 6.79. The van der Waals surface area contributed by atoms with E-state index < -0.39 is 43.4 Å². The summed E-state index contributed by atoms with van der Waals surface area (Å²) < 4.78 is 73.4. The van der Waals surface area contributed by atoms with Gasteiger partial charge in [-0.3, -0.25) is 4.68 Å². The molecule has 0 saturated heterocycles. The summed E-state index contributed by atoms with van der Waals surface area (Å²) >= 11 is 0. The minimum absolute atomic E-state index is 0.157. The molecule has 10 nitrogen and oxygen atoms in total. The topological polar surface area (TPSA) is 155 Å². The van der Waals surface area contributed by atoms with Crippen molar-refractivity contribution < 1.29 is 41.3 Å². The summed E-state index contributed by atoms with van der Waals surface area (Å²) in [6.45, 7) is 0.0525. The van der Waals surface area contributed by atoms with Crippen LogP contribution in [0.2, 0.25) is 0 Å². The lowest BCUT2D eigenvalue weighted by Crippen LogP contribution is -2.33. The Balaban J connectivity index is 0.000000356. The van der Waals surface area contributed by atoms with Gasteiger partial charge in [-0.2, -0.15) is 23.5 Å². The molecule has 0 unspecified atom stereocenters. The highest BCUT2D eigenvalue weighted by Crippen LogP contribution is 2.40. The highest BCUT2D eigenvalue weighted by atomic mass is 32.2. The van der Waals surface area contributed by atoms with Gasteiger partial charge in [0.15, 0.2) is 9.84 Å². The Bertz CT molecular complexity index is 1270. The van der Waals surface area contributed by atoms with E-state index in [2.05, 4.69) is 10.4 Å². The van der Waals surface area contributed by atoms with Crippen LogP contribution >= 0.6 is 0 Å². The fourth-order valence-corrected chi connectivity index (χ4v) is 6.10. The summed E-state index contributed by atoms with van der Waals surface area (Å²) in [5, 5.41) is 30.6. The van der Waals surface area contributed by atoms with Crippen LogP contribution < -0.4 is 5.32 Å². The zero-order chi connectivity index (χ0) is 27.4. The molecule has 0 spiro atoms. The van der Waals surface area contributed by atoms with E-state index in [4.69, 9.17) is 20.2 Å². The standard InChI is InChI=1S/C18H21F3N2O4S.C5H6N2O2/c1-27-14-3-4-15(9-14)28(25,26)17-5-2-12(8-16(17)18(19,20)21)13-10-22-23(11-13)6-7-24;6-3-5(1-2-5)7-4(8)9/h2,5,8,10-11,14-15,24H,3-4,6-7,9H2,1H3;7H,1-2H2,(H,8,9)/t14-,15-;/m1./s1. The number of carbonyl (C=O) groups is 1. The molecule has 0 radical (unpaired) electrons. The van der Waals surface area contributed by atoms with Crippen molar-refractivity contribution in [3.8, 4) is 17.2 Å². The van der Waals surface area contributed by atoms with Crippen LogP contribution in [0.15, 0.2) is 35.5 Å². The first-order chi connectivity index (χ1) is 17.3. The molecule has 2 aromatic rings. The minimum atomic E-state index is -4.82. The van der Waals surface area contributed by atoms with E-state index >= 15 is 0 Å². The van der Waals surface area contributed by atoms with Crippen LogP contribution in [0.1, 0.15) is 37.7 Å². The number of halogens is 3. The van der Waals surface area contributed by atoms with Crippen molar-refractivity contribution in [1.82, 2.24) is 15.1 Å². The van der Waals surface area contributed by atoms with Crippen LogP contribution in [0.5, 0.6) is 0 Å². The van der Waals surface area contributed by atoms with E-state index in [0.717, 1.165) is 12.1 Å². The van der Waals surface area contributed by atoms with Crippen molar-refractivity contribution in [3.05, 3.63) is 36.2 Å². The fourth-order valence-electron chi connectivity index (χ4n) is 4.09. The van der Waals surface area contributed by atoms with Gasteiger partial charge < -0.3 is 20.3 Å². The second-order valence-electron chi connectivity index (χ2n) is 8.89. The molecule has 2 aliphatic rings. The van der Waals surface area contributed by atoms with Gasteiger partial charge in [0.1, 0.15) is 5.54 Å². The molecule has 37 heavy (non-hydrogen) atoms. The number of hydrogen-bond donors (Lipinski definition) is 3. The predicted octanol–water partition coefficient (Wildman–Crippen LogP) is 3.21. The van der Waals surface area contributed by atoms with Gasteiger partial charge in [0, 0.05) is 18.9 Å². The third-order valence-corrected chi connectivity index (χ3v) is 8.58. The Kier molecular flexibility index (Phi) is 8.51. The van der Waals surface area contributed by atoms with Crippen LogP contribution in [0.4, 0.5) is 18.0 Å². The number of hydrogen-bond acceptors (Lipinski definition) is 7. The van der Waals surface area contributed by atoms with Gasteiger partial charge in [0.25, 0.3) is 0 Å². The molecular formula is C23H27F3N4O6S. The van der Waals surface area contributed by atoms with Gasteiger partial charge in [-0.15, -0.1) is 0 Å². The van der Waals surface area contributed by atoms with E-state index in [1.54, 1.807) is 0 Å². The smallest absolute Gasteiger partial charge is 0.417 e. The molecule has 1 heterocycles. The normalized spacial score (nSPS) is 20.4. The van der Waals surface area contributed by atoms with Crippen molar-refractivity contribution in [2.75, 3.05) is 13.7 Å². The summed E-state index contributed by atoms with van der Waals surface area (Å²) in [7, 11) is -2.69. The number of aromatic nitrogens is 2. The van der Waals surface area contributed by atoms with Gasteiger partial charge in [-0.25, -0.2) is 13.2 Å². The minimum Gasteiger partial charge on any atom is -0.465 e. The van der Waals surface area contributed by atoms with Crippen molar-refractivity contribution in [2.45, 2.75) is 66.6 Å². The maximum Gasteiger partial charge on any atom is 0.417 e. The Hall–Kier alpha value is -3.15. The number of sulfone groups is 1. The number of nitriles is 1. The number of ether oxygens (including phenoxy) is 1. The van der Waals surface area contributed by atoms with Crippen molar-refractivity contribution in [2.24, 2.45) is 0 Å². The molecule has 3 N–H and O–H groups in total. The van der Waals surface area contributed by atoms with Crippen LogP contribution in [0, 0.1) is 11.3 Å². The average molecular weight is 545 g/mol. The molecular weight excluding hydrogens is 517 g/mol. The fraction of sp³-hybridized carbons (Fsp3) is 0.522. The lowest BCUT2D eigenvalue weighted by atomic mass is 10.1. The number of benzene rings is 1. The molecule has 0 bridgehead atoms. The number of rotatable bonds is 7. The van der Waals surface area contributed by atoms with Crippen LogP contribution in [0.3, 0.4) is 0 Å². The Morgan fingerprint density at radius 3 is 2.51 bits per heavy atom. The average Bonchev–Trinajstić information content (AvgIpc) is 3.23. The van der Waals surface area contributed by atoms with Gasteiger partial charge in [0.05, 0.1) is 47.2 Å². The number of amides is 1. The summed E-state index contributed by atoms with van der Waals surface area (Å²) in [6.07, 6.45) is -1.06. The van der Waals surface area contributed by atoms with Gasteiger partial charge in [-0.1, -0.05) is 6.07 Å². The number of aliphatic hydroxyl groups is 1. The number of nitrogens with one attached hydrogen (secondary N) is 1. The van der Waals surface area contributed by atoms with E-state index in [9.17, 15) is 26.4 Å². The number of carboxylic acid groups (broad SMARTS) is 1. The van der Waals surface area contributed by atoms with Crippen molar-refractivity contribution in [1.29, 1.82) is 5.26 Å². The first-order valence-electron chi connectivity index (χ1n) is 11.4. The lowest BCUT2D eigenvalue weighted by Gasteiger charge is -2.18. The van der Waals surface area contributed by atoms with Gasteiger partial charge >= 0.3 is 12.3 Å². The number of aliphatic hydroxyl groups excluding tert-OH is 1. The molecule has 2 atom stereocenters. The summed E-state index contributed by atoms with van der Waals surface area (Å²) in [6, 6.07) is 5.11. The first kappa shape index (κ1) is 28.4. The second kappa shape index (κ2) is 11.1. The molecule has 1 aromatic carbocycles. The van der Waals surface area contributed by atoms with Crippen LogP contribution in [-0.2, 0) is 27.3 Å². The quantitative estimate of drug-likeness (QED) is 0.480.